The largest absolute Gasteiger partial charge is 0.345 e. The average molecular weight is 424 g/mol. The normalized spacial score (nSPS) is 10.6. The van der Waals surface area contributed by atoms with Gasteiger partial charge in [-0.25, -0.2) is 0 Å². The Morgan fingerprint density at radius 3 is 2.70 bits per heavy atom. The third-order valence-corrected chi connectivity index (χ3v) is 5.22. The maximum atomic E-state index is 13.1. The van der Waals surface area contributed by atoms with Gasteiger partial charge in [-0.1, -0.05) is 41.9 Å². The van der Waals surface area contributed by atoms with Gasteiger partial charge in [-0.2, -0.15) is 0 Å². The van der Waals surface area contributed by atoms with Crippen molar-refractivity contribution in [3.63, 3.8) is 0 Å². The zero-order valence-electron chi connectivity index (χ0n) is 16.6. The summed E-state index contributed by atoms with van der Waals surface area (Å²) in [6.45, 7) is 7.16. The van der Waals surface area contributed by atoms with E-state index >= 15 is 0 Å². The quantitative estimate of drug-likeness (QED) is 0.283. The fraction of sp³-hybridized carbons (Fsp3) is 0.174. The molecule has 0 aliphatic carbocycles. The molecule has 0 unspecified atom stereocenters. The molecule has 1 amide bonds. The first-order valence-electron chi connectivity index (χ1n) is 9.43. The van der Waals surface area contributed by atoms with Crippen molar-refractivity contribution in [2.75, 3.05) is 6.54 Å². The van der Waals surface area contributed by atoms with Crippen LogP contribution in [0.15, 0.2) is 73.4 Å². The number of aryl methyl sites for hydroxylation is 1. The van der Waals surface area contributed by atoms with E-state index in [0.29, 0.717) is 19.6 Å². The molecule has 0 N–H and O–H groups in total. The third kappa shape index (κ3) is 4.78. The second-order valence-electron chi connectivity index (χ2n) is 6.95. The van der Waals surface area contributed by atoms with Crippen LogP contribution in [-0.2, 0) is 13.1 Å². The van der Waals surface area contributed by atoms with Crippen LogP contribution in [-0.4, -0.2) is 26.8 Å². The molecule has 0 aliphatic heterocycles. The van der Waals surface area contributed by atoms with Crippen LogP contribution in [0.5, 0.6) is 0 Å². The zero-order chi connectivity index (χ0) is 21.7. The van der Waals surface area contributed by atoms with E-state index in [9.17, 15) is 14.9 Å². The summed E-state index contributed by atoms with van der Waals surface area (Å²) in [5.74, 6) is -0.321. The fourth-order valence-corrected chi connectivity index (χ4v) is 3.44. The van der Waals surface area contributed by atoms with E-state index in [4.69, 9.17) is 11.6 Å². The maximum absolute atomic E-state index is 13.1. The van der Waals surface area contributed by atoms with E-state index in [-0.39, 0.29) is 22.2 Å². The van der Waals surface area contributed by atoms with Gasteiger partial charge < -0.3 is 9.47 Å². The highest BCUT2D eigenvalue weighted by Gasteiger charge is 2.21. The second-order valence-corrected chi connectivity index (χ2v) is 7.36. The van der Waals surface area contributed by atoms with Crippen molar-refractivity contribution in [1.29, 1.82) is 0 Å². The minimum atomic E-state index is -0.593. The number of aromatic nitrogens is 1. The summed E-state index contributed by atoms with van der Waals surface area (Å²) < 4.78 is 2.09. The minimum Gasteiger partial charge on any atom is -0.345 e. The summed E-state index contributed by atoms with van der Waals surface area (Å²) in [7, 11) is 0. The number of carbonyl (C=O) groups is 1. The van der Waals surface area contributed by atoms with Crippen molar-refractivity contribution >= 4 is 23.2 Å². The lowest BCUT2D eigenvalue weighted by Gasteiger charge is -2.22. The van der Waals surface area contributed by atoms with Crippen LogP contribution < -0.4 is 0 Å². The first-order valence-corrected chi connectivity index (χ1v) is 9.81. The summed E-state index contributed by atoms with van der Waals surface area (Å²) in [6, 6.07) is 16.2. The molecule has 0 saturated carbocycles. The lowest BCUT2D eigenvalue weighted by Crippen LogP contribution is -2.31. The lowest BCUT2D eigenvalue weighted by molar-refractivity contribution is -0.384. The van der Waals surface area contributed by atoms with E-state index in [2.05, 4.69) is 30.2 Å². The molecule has 3 aromatic rings. The predicted molar refractivity (Wildman–Crippen MR) is 118 cm³/mol. The van der Waals surface area contributed by atoms with Crippen LogP contribution in [0, 0.1) is 17.0 Å². The molecular weight excluding hydrogens is 402 g/mol. The second kappa shape index (κ2) is 9.41. The number of amides is 1. The Morgan fingerprint density at radius 1 is 1.23 bits per heavy atom. The molecule has 0 fully saturated rings. The van der Waals surface area contributed by atoms with Crippen molar-refractivity contribution in [3.8, 4) is 0 Å². The highest BCUT2D eigenvalue weighted by molar-refractivity contribution is 6.32. The molecule has 0 atom stereocenters. The van der Waals surface area contributed by atoms with E-state index in [1.54, 1.807) is 11.0 Å². The molecule has 1 aromatic heterocycles. The summed E-state index contributed by atoms with van der Waals surface area (Å²) in [5.41, 5.74) is 3.28. The average Bonchev–Trinajstić information content (AvgIpc) is 3.15. The molecule has 3 rings (SSSR count). The first-order chi connectivity index (χ1) is 14.4. The van der Waals surface area contributed by atoms with Crippen LogP contribution >= 0.6 is 11.6 Å². The van der Waals surface area contributed by atoms with E-state index in [1.165, 1.54) is 29.3 Å². The van der Waals surface area contributed by atoms with Crippen molar-refractivity contribution in [3.05, 3.63) is 111 Å². The number of carbonyl (C=O) groups excluding carboxylic acids is 1. The van der Waals surface area contributed by atoms with Gasteiger partial charge in [-0.15, -0.1) is 6.58 Å². The molecule has 0 radical (unpaired) electrons. The molecule has 154 valence electrons. The zero-order valence-corrected chi connectivity index (χ0v) is 17.4. The summed E-state index contributed by atoms with van der Waals surface area (Å²) in [6.07, 6.45) is 3.61. The van der Waals surface area contributed by atoms with E-state index in [0.717, 1.165) is 5.69 Å². The number of nitro groups is 1. The van der Waals surface area contributed by atoms with Crippen LogP contribution in [0.25, 0.3) is 0 Å². The molecule has 6 nitrogen and oxygen atoms in total. The van der Waals surface area contributed by atoms with Gasteiger partial charge in [0, 0.05) is 36.6 Å². The minimum absolute atomic E-state index is 0.000993. The van der Waals surface area contributed by atoms with Crippen LogP contribution in [0.2, 0.25) is 5.02 Å². The maximum Gasteiger partial charge on any atom is 0.288 e. The number of rotatable bonds is 8. The molecule has 30 heavy (non-hydrogen) atoms. The Labute approximate surface area is 180 Å². The van der Waals surface area contributed by atoms with Gasteiger partial charge in [0.1, 0.15) is 5.02 Å². The number of nitro benzene ring substituents is 1. The van der Waals surface area contributed by atoms with Crippen LogP contribution in [0.4, 0.5) is 5.69 Å². The van der Waals surface area contributed by atoms with Crippen LogP contribution in [0.1, 0.15) is 27.2 Å². The molecule has 2 aromatic carbocycles. The van der Waals surface area contributed by atoms with Crippen LogP contribution in [0.3, 0.4) is 0 Å². The highest BCUT2D eigenvalue weighted by Crippen LogP contribution is 2.26. The van der Waals surface area contributed by atoms with Crippen molar-refractivity contribution in [2.24, 2.45) is 0 Å². The monoisotopic (exact) mass is 423 g/mol. The Balaban J connectivity index is 1.85. The van der Waals surface area contributed by atoms with Gasteiger partial charge in [0.15, 0.2) is 0 Å². The molecule has 7 heteroatoms. The molecule has 0 saturated heterocycles. The van der Waals surface area contributed by atoms with Crippen molar-refractivity contribution in [1.82, 2.24) is 9.47 Å². The van der Waals surface area contributed by atoms with Gasteiger partial charge in [0.2, 0.25) is 0 Å². The number of nitrogens with zero attached hydrogens (tertiary/aromatic N) is 3. The summed E-state index contributed by atoms with van der Waals surface area (Å²) in [5, 5.41) is 11.2. The number of halogens is 1. The Morgan fingerprint density at radius 2 is 2.00 bits per heavy atom. The lowest BCUT2D eigenvalue weighted by atomic mass is 10.1. The van der Waals surface area contributed by atoms with Crippen molar-refractivity contribution < 1.29 is 9.72 Å². The molecule has 1 heterocycles. The van der Waals surface area contributed by atoms with Gasteiger partial charge >= 0.3 is 0 Å². The number of hydrogen-bond acceptors (Lipinski definition) is 3. The van der Waals surface area contributed by atoms with Gasteiger partial charge in [-0.3, -0.25) is 14.9 Å². The Bertz CT molecular complexity index is 1090. The van der Waals surface area contributed by atoms with Crippen molar-refractivity contribution in [2.45, 2.75) is 20.0 Å². The summed E-state index contributed by atoms with van der Waals surface area (Å²) in [4.78, 5) is 25.3. The predicted octanol–water partition coefficient (Wildman–Crippen LogP) is 5.23. The van der Waals surface area contributed by atoms with Gasteiger partial charge in [0.05, 0.1) is 11.5 Å². The SMILES string of the molecule is C=CCN(Cc1cccn1Cc1ccccc1C)C(=O)c1ccc(Cl)c([N+](=O)[O-])c1. The smallest absolute Gasteiger partial charge is 0.288 e. The molecule has 0 spiro atoms. The highest BCUT2D eigenvalue weighted by atomic mass is 35.5. The third-order valence-electron chi connectivity index (χ3n) is 4.90. The molecular formula is C23H22ClN3O3. The Kier molecular flexibility index (Phi) is 6.69. The molecule has 0 bridgehead atoms. The van der Waals surface area contributed by atoms with E-state index < -0.39 is 4.92 Å². The van der Waals surface area contributed by atoms with E-state index in [1.807, 2.05) is 30.5 Å². The first kappa shape index (κ1) is 21.3. The standard InChI is InChI=1S/C23H22ClN3O3/c1-3-12-26(23(28)18-10-11-21(24)22(14-18)27(29)30)16-20-9-6-13-25(20)15-19-8-5-4-7-17(19)2/h3-11,13-14H,1,12,15-16H2,2H3. The topological polar surface area (TPSA) is 68.4 Å². The van der Waals surface area contributed by atoms with Gasteiger partial charge in [-0.05, 0) is 42.3 Å². The summed E-state index contributed by atoms with van der Waals surface area (Å²) >= 11 is 5.88. The molecule has 0 aliphatic rings. The fourth-order valence-electron chi connectivity index (χ4n) is 3.26. The number of benzene rings is 2. The number of hydrogen-bond donors (Lipinski definition) is 0. The van der Waals surface area contributed by atoms with Gasteiger partial charge in [0.25, 0.3) is 11.6 Å². The Hall–Kier alpha value is -3.38.